The summed E-state index contributed by atoms with van der Waals surface area (Å²) in [5.41, 5.74) is 1.04. The molecule has 4 aromatic rings. The Morgan fingerprint density at radius 2 is 1.80 bits per heavy atom. The van der Waals surface area contributed by atoms with Crippen LogP contribution in [0.4, 0.5) is 4.39 Å². The van der Waals surface area contributed by atoms with Crippen LogP contribution in [-0.4, -0.2) is 18.7 Å². The molecule has 0 spiro atoms. The Hall–Kier alpha value is -3.99. The molecule has 0 bridgehead atoms. The first kappa shape index (κ1) is 19.3. The van der Waals surface area contributed by atoms with E-state index >= 15 is 0 Å². The number of nitrogens with zero attached hydrogens (tertiary/aromatic N) is 5. The van der Waals surface area contributed by atoms with Gasteiger partial charge in [0.15, 0.2) is 11.2 Å². The van der Waals surface area contributed by atoms with Crippen LogP contribution in [0.2, 0.25) is 0 Å². The van der Waals surface area contributed by atoms with E-state index in [1.165, 1.54) is 35.2 Å². The Balaban J connectivity index is 2.02. The fourth-order valence-corrected chi connectivity index (χ4v) is 3.50. The van der Waals surface area contributed by atoms with Gasteiger partial charge in [0.2, 0.25) is 0 Å². The summed E-state index contributed by atoms with van der Waals surface area (Å²) in [5.74, 6) is -0.432. The Morgan fingerprint density at radius 1 is 1.10 bits per heavy atom. The average Bonchev–Trinajstić information content (AvgIpc) is 3.13. The van der Waals surface area contributed by atoms with Gasteiger partial charge in [-0.15, -0.1) is 0 Å². The van der Waals surface area contributed by atoms with Crippen LogP contribution in [-0.2, 0) is 6.54 Å². The number of fused-ring (bicyclic) bond motifs is 1. The number of imidazole rings is 1. The molecule has 0 atom stereocenters. The standard InChI is InChI=1S/C22H18FN5O2/c1-14(2)27-21(29)19-20(28(22(27)30)18-9-7-17(23)8-10-18)25-13-26(19)12-16-6-4-3-5-15(16)11-24/h3-10,13-14H,12H2,1-2H3. The first-order valence-corrected chi connectivity index (χ1v) is 9.38. The molecule has 0 saturated heterocycles. The van der Waals surface area contributed by atoms with Crippen molar-refractivity contribution in [3.8, 4) is 11.8 Å². The van der Waals surface area contributed by atoms with E-state index in [0.29, 0.717) is 11.3 Å². The molecular formula is C22H18FN5O2. The molecular weight excluding hydrogens is 385 g/mol. The highest BCUT2D eigenvalue weighted by atomic mass is 19.1. The van der Waals surface area contributed by atoms with Gasteiger partial charge in [-0.2, -0.15) is 5.26 Å². The van der Waals surface area contributed by atoms with Gasteiger partial charge in [-0.25, -0.2) is 18.7 Å². The average molecular weight is 403 g/mol. The summed E-state index contributed by atoms with van der Waals surface area (Å²) in [6.07, 6.45) is 1.48. The minimum Gasteiger partial charge on any atom is -0.320 e. The number of nitriles is 1. The van der Waals surface area contributed by atoms with Gasteiger partial charge < -0.3 is 4.57 Å². The maximum atomic E-state index is 13.4. The molecule has 0 N–H and O–H groups in total. The smallest absolute Gasteiger partial charge is 0.320 e. The summed E-state index contributed by atoms with van der Waals surface area (Å²) in [4.78, 5) is 30.7. The molecule has 0 radical (unpaired) electrons. The Kier molecular flexibility index (Phi) is 4.80. The SMILES string of the molecule is CC(C)n1c(=O)c2c(ncn2Cc2ccccc2C#N)n(-c2ccc(F)cc2)c1=O. The van der Waals surface area contributed by atoms with E-state index in [9.17, 15) is 19.2 Å². The number of hydrogen-bond acceptors (Lipinski definition) is 4. The number of rotatable bonds is 4. The topological polar surface area (TPSA) is 85.6 Å². The highest BCUT2D eigenvalue weighted by molar-refractivity contribution is 5.72. The third kappa shape index (κ3) is 3.10. The lowest BCUT2D eigenvalue weighted by atomic mass is 10.1. The Morgan fingerprint density at radius 3 is 2.47 bits per heavy atom. The van der Waals surface area contributed by atoms with Crippen molar-refractivity contribution in [1.82, 2.24) is 18.7 Å². The Bertz CT molecular complexity index is 1400. The minimum absolute atomic E-state index is 0.183. The highest BCUT2D eigenvalue weighted by Crippen LogP contribution is 2.17. The second-order valence-corrected chi connectivity index (χ2v) is 7.18. The van der Waals surface area contributed by atoms with E-state index < -0.39 is 23.1 Å². The molecule has 8 heteroatoms. The molecule has 0 aliphatic carbocycles. The summed E-state index contributed by atoms with van der Waals surface area (Å²) in [6, 6.07) is 14.3. The van der Waals surface area contributed by atoms with Crippen molar-refractivity contribution in [2.45, 2.75) is 26.4 Å². The van der Waals surface area contributed by atoms with Gasteiger partial charge in [0, 0.05) is 6.04 Å². The Labute approximate surface area is 170 Å². The van der Waals surface area contributed by atoms with Gasteiger partial charge in [-0.05, 0) is 49.7 Å². The van der Waals surface area contributed by atoms with Gasteiger partial charge in [-0.1, -0.05) is 18.2 Å². The van der Waals surface area contributed by atoms with Crippen LogP contribution in [0, 0.1) is 17.1 Å². The zero-order chi connectivity index (χ0) is 21.4. The quantitative estimate of drug-likeness (QED) is 0.524. The van der Waals surface area contributed by atoms with Gasteiger partial charge >= 0.3 is 5.69 Å². The summed E-state index contributed by atoms with van der Waals surface area (Å²) in [5, 5.41) is 9.37. The second-order valence-electron chi connectivity index (χ2n) is 7.18. The predicted molar refractivity (Wildman–Crippen MR) is 110 cm³/mol. The summed E-state index contributed by atoms with van der Waals surface area (Å²) >= 11 is 0. The van der Waals surface area contributed by atoms with Crippen molar-refractivity contribution in [3.05, 3.63) is 92.6 Å². The molecule has 4 rings (SSSR count). The van der Waals surface area contributed by atoms with Crippen molar-refractivity contribution in [2.24, 2.45) is 0 Å². The first-order chi connectivity index (χ1) is 14.4. The lowest BCUT2D eigenvalue weighted by molar-refractivity contribution is 0.538. The van der Waals surface area contributed by atoms with Gasteiger partial charge in [-0.3, -0.25) is 9.36 Å². The largest absolute Gasteiger partial charge is 0.337 e. The molecule has 150 valence electrons. The van der Waals surface area contributed by atoms with E-state index in [4.69, 9.17) is 0 Å². The zero-order valence-electron chi connectivity index (χ0n) is 16.4. The maximum Gasteiger partial charge on any atom is 0.337 e. The molecule has 2 aromatic heterocycles. The van der Waals surface area contributed by atoms with Crippen molar-refractivity contribution >= 4 is 11.2 Å². The van der Waals surface area contributed by atoms with Crippen molar-refractivity contribution < 1.29 is 4.39 Å². The van der Waals surface area contributed by atoms with Crippen LogP contribution in [0.15, 0.2) is 64.4 Å². The van der Waals surface area contributed by atoms with Crippen molar-refractivity contribution in [2.75, 3.05) is 0 Å². The molecule has 7 nitrogen and oxygen atoms in total. The third-order valence-electron chi connectivity index (χ3n) is 4.93. The van der Waals surface area contributed by atoms with Crippen LogP contribution in [0.1, 0.15) is 31.0 Å². The maximum absolute atomic E-state index is 13.4. The normalized spacial score (nSPS) is 11.2. The molecule has 0 aliphatic heterocycles. The number of hydrogen-bond donors (Lipinski definition) is 0. The molecule has 0 saturated carbocycles. The minimum atomic E-state index is -0.545. The predicted octanol–water partition coefficient (Wildman–Crippen LogP) is 2.99. The van der Waals surface area contributed by atoms with Gasteiger partial charge in [0.1, 0.15) is 5.82 Å². The van der Waals surface area contributed by atoms with Crippen LogP contribution in [0.3, 0.4) is 0 Å². The first-order valence-electron chi connectivity index (χ1n) is 9.38. The molecule has 0 amide bonds. The molecule has 0 aliphatic rings. The van der Waals surface area contributed by atoms with E-state index in [-0.39, 0.29) is 17.7 Å². The summed E-state index contributed by atoms with van der Waals surface area (Å²) in [6.45, 7) is 3.74. The van der Waals surface area contributed by atoms with Crippen LogP contribution >= 0.6 is 0 Å². The number of benzene rings is 2. The number of aromatic nitrogens is 4. The molecule has 0 fully saturated rings. The lowest BCUT2D eigenvalue weighted by Crippen LogP contribution is -2.41. The van der Waals surface area contributed by atoms with Crippen LogP contribution in [0.5, 0.6) is 0 Å². The molecule has 2 heterocycles. The van der Waals surface area contributed by atoms with Gasteiger partial charge in [0.05, 0.1) is 30.2 Å². The van der Waals surface area contributed by atoms with Crippen LogP contribution in [0.25, 0.3) is 16.9 Å². The zero-order valence-corrected chi connectivity index (χ0v) is 16.4. The summed E-state index contributed by atoms with van der Waals surface area (Å²) < 4.78 is 17.5. The fraction of sp³-hybridized carbons (Fsp3) is 0.182. The molecule has 0 unspecified atom stereocenters. The van der Waals surface area contributed by atoms with E-state index in [1.807, 2.05) is 6.07 Å². The van der Waals surface area contributed by atoms with Crippen molar-refractivity contribution in [1.29, 1.82) is 5.26 Å². The summed E-state index contributed by atoms with van der Waals surface area (Å²) in [7, 11) is 0. The lowest BCUT2D eigenvalue weighted by Gasteiger charge is -2.15. The molecule has 2 aromatic carbocycles. The van der Waals surface area contributed by atoms with Crippen LogP contribution < -0.4 is 11.2 Å². The number of halogens is 1. The molecule has 30 heavy (non-hydrogen) atoms. The second kappa shape index (κ2) is 7.44. The van der Waals surface area contributed by atoms with E-state index in [2.05, 4.69) is 11.1 Å². The van der Waals surface area contributed by atoms with E-state index in [1.54, 1.807) is 36.6 Å². The van der Waals surface area contributed by atoms with E-state index in [0.717, 1.165) is 10.1 Å². The highest BCUT2D eigenvalue weighted by Gasteiger charge is 2.21. The monoisotopic (exact) mass is 403 g/mol. The van der Waals surface area contributed by atoms with Crippen molar-refractivity contribution in [3.63, 3.8) is 0 Å². The third-order valence-corrected chi connectivity index (χ3v) is 4.93. The van der Waals surface area contributed by atoms with Gasteiger partial charge in [0.25, 0.3) is 5.56 Å². The fourth-order valence-electron chi connectivity index (χ4n) is 3.50.